The molecule has 182 valence electrons. The molecule has 3 heterocycles. The van der Waals surface area contributed by atoms with Crippen molar-refractivity contribution in [3.8, 4) is 11.4 Å². The van der Waals surface area contributed by atoms with E-state index in [-0.39, 0.29) is 36.0 Å². The van der Waals surface area contributed by atoms with Gasteiger partial charge in [-0.2, -0.15) is 0 Å². The minimum atomic E-state index is -0.360. The van der Waals surface area contributed by atoms with Crippen LogP contribution in [0.2, 0.25) is 0 Å². The number of phenolic OH excluding ortho intramolecular Hbond substituents is 1. The maximum Gasteiger partial charge on any atom is 0.226 e. The van der Waals surface area contributed by atoms with Crippen molar-refractivity contribution in [2.45, 2.75) is 18.5 Å². The van der Waals surface area contributed by atoms with Gasteiger partial charge < -0.3 is 25.2 Å². The Morgan fingerprint density at radius 1 is 1.06 bits per heavy atom. The number of rotatable bonds is 7. The van der Waals surface area contributed by atoms with E-state index in [9.17, 15) is 14.3 Å². The van der Waals surface area contributed by atoms with Crippen LogP contribution in [0.25, 0.3) is 5.69 Å². The highest BCUT2D eigenvalue weighted by Gasteiger charge is 2.41. The summed E-state index contributed by atoms with van der Waals surface area (Å²) in [5, 5.41) is 16.5. The maximum absolute atomic E-state index is 13.2. The second-order valence-electron chi connectivity index (χ2n) is 8.44. The largest absolute Gasteiger partial charge is 0.508 e. The average molecular weight is 502 g/mol. The lowest BCUT2D eigenvalue weighted by molar-refractivity contribution is -0.116. The first-order chi connectivity index (χ1) is 17.5. The van der Waals surface area contributed by atoms with E-state index in [1.54, 1.807) is 18.3 Å². The van der Waals surface area contributed by atoms with E-state index >= 15 is 0 Å². The van der Waals surface area contributed by atoms with Gasteiger partial charge >= 0.3 is 0 Å². The van der Waals surface area contributed by atoms with Crippen LogP contribution < -0.4 is 10.6 Å². The van der Waals surface area contributed by atoms with Gasteiger partial charge in [0, 0.05) is 42.4 Å². The number of pyridine rings is 1. The molecule has 36 heavy (non-hydrogen) atoms. The smallest absolute Gasteiger partial charge is 0.226 e. The third-order valence-electron chi connectivity index (χ3n) is 6.12. The molecule has 0 aliphatic carbocycles. The fourth-order valence-corrected chi connectivity index (χ4v) is 4.76. The fraction of sp³-hybridized carbons (Fsp3) is 0.148. The van der Waals surface area contributed by atoms with E-state index in [1.165, 1.54) is 24.3 Å². The van der Waals surface area contributed by atoms with E-state index in [0.717, 1.165) is 17.1 Å². The van der Waals surface area contributed by atoms with Gasteiger partial charge in [-0.1, -0.05) is 6.07 Å². The standard InChI is InChI=1S/C27H24FN5O2S/c28-18-6-8-19(9-7-18)30-24(35)14-17-33-26(25(31-27(33)36)22-4-1-2-15-29-22)23-5-3-16-32(23)20-10-12-21(34)13-11-20/h1-13,15-16,25-26,34H,14,17H2,(H,30,35)(H,31,36)/t25-,26-/m0/s1. The summed E-state index contributed by atoms with van der Waals surface area (Å²) in [4.78, 5) is 19.3. The number of benzene rings is 2. The Morgan fingerprint density at radius 3 is 2.56 bits per heavy atom. The summed E-state index contributed by atoms with van der Waals surface area (Å²) < 4.78 is 15.2. The first-order valence-corrected chi connectivity index (χ1v) is 11.9. The summed E-state index contributed by atoms with van der Waals surface area (Å²) in [6.45, 7) is 0.369. The van der Waals surface area contributed by atoms with Crippen molar-refractivity contribution in [1.82, 2.24) is 19.8 Å². The van der Waals surface area contributed by atoms with Gasteiger partial charge in [-0.05, 0) is 85.0 Å². The lowest BCUT2D eigenvalue weighted by Gasteiger charge is -2.28. The van der Waals surface area contributed by atoms with Crippen LogP contribution >= 0.6 is 12.2 Å². The molecule has 0 spiro atoms. The topological polar surface area (TPSA) is 82.4 Å². The van der Waals surface area contributed by atoms with Crippen molar-refractivity contribution >= 4 is 28.9 Å². The second-order valence-corrected chi connectivity index (χ2v) is 8.83. The molecule has 9 heteroatoms. The Morgan fingerprint density at radius 2 is 1.83 bits per heavy atom. The molecule has 5 rings (SSSR count). The zero-order valence-electron chi connectivity index (χ0n) is 19.2. The van der Waals surface area contributed by atoms with Crippen LogP contribution in [-0.2, 0) is 4.79 Å². The molecule has 0 bridgehead atoms. The monoisotopic (exact) mass is 501 g/mol. The Bertz CT molecular complexity index is 1360. The van der Waals surface area contributed by atoms with Crippen LogP contribution in [0.4, 0.5) is 10.1 Å². The summed E-state index contributed by atoms with van der Waals surface area (Å²) in [5.74, 6) is -0.365. The van der Waals surface area contributed by atoms with Crippen LogP contribution in [0, 0.1) is 5.82 Å². The first-order valence-electron chi connectivity index (χ1n) is 11.5. The predicted molar refractivity (Wildman–Crippen MR) is 139 cm³/mol. The number of carbonyl (C=O) groups excluding carboxylic acids is 1. The summed E-state index contributed by atoms with van der Waals surface area (Å²) in [6, 6.07) is 21.9. The number of nitrogens with one attached hydrogen (secondary N) is 2. The molecule has 1 saturated heterocycles. The molecule has 2 atom stereocenters. The fourth-order valence-electron chi connectivity index (χ4n) is 4.43. The molecule has 7 nitrogen and oxygen atoms in total. The van der Waals surface area contributed by atoms with Gasteiger partial charge in [-0.25, -0.2) is 4.39 Å². The quantitative estimate of drug-likeness (QED) is 0.318. The molecule has 1 amide bonds. The predicted octanol–water partition coefficient (Wildman–Crippen LogP) is 4.72. The number of amides is 1. The van der Waals surface area contributed by atoms with Crippen LogP contribution in [0.15, 0.2) is 91.3 Å². The Labute approximate surface area is 213 Å². The van der Waals surface area contributed by atoms with Crippen molar-refractivity contribution in [2.24, 2.45) is 0 Å². The molecule has 0 radical (unpaired) electrons. The molecular formula is C27H24FN5O2S. The molecule has 2 aromatic carbocycles. The van der Waals surface area contributed by atoms with Gasteiger partial charge in [-0.3, -0.25) is 9.78 Å². The zero-order valence-corrected chi connectivity index (χ0v) is 20.0. The number of aromatic nitrogens is 2. The first kappa shape index (κ1) is 23.5. The average Bonchev–Trinajstić information content (AvgIpc) is 3.49. The maximum atomic E-state index is 13.2. The Kier molecular flexibility index (Phi) is 6.64. The van der Waals surface area contributed by atoms with Crippen molar-refractivity contribution in [1.29, 1.82) is 0 Å². The lowest BCUT2D eigenvalue weighted by Crippen LogP contribution is -2.33. The normalized spacial score (nSPS) is 17.1. The summed E-state index contributed by atoms with van der Waals surface area (Å²) >= 11 is 5.71. The zero-order chi connectivity index (χ0) is 25.1. The van der Waals surface area contributed by atoms with Crippen LogP contribution in [0.1, 0.15) is 29.9 Å². The number of halogens is 1. The number of hydrogen-bond donors (Lipinski definition) is 3. The van der Waals surface area contributed by atoms with Crippen LogP contribution in [-0.4, -0.2) is 37.1 Å². The third-order valence-corrected chi connectivity index (χ3v) is 6.47. The molecular weight excluding hydrogens is 477 g/mol. The van der Waals surface area contributed by atoms with Crippen molar-refractivity contribution in [3.63, 3.8) is 0 Å². The van der Waals surface area contributed by atoms with E-state index in [4.69, 9.17) is 12.2 Å². The molecule has 2 aromatic heterocycles. The SMILES string of the molecule is O=C(CCN1C(=S)N[C@@H](c2ccccn2)[C@@H]1c1cccn1-c1ccc(O)cc1)Nc1ccc(F)cc1. The number of nitrogens with zero attached hydrogens (tertiary/aromatic N) is 3. The highest BCUT2D eigenvalue weighted by Crippen LogP contribution is 2.39. The number of aromatic hydroxyl groups is 1. The lowest BCUT2D eigenvalue weighted by atomic mass is 10.0. The molecule has 4 aromatic rings. The number of hydrogen-bond acceptors (Lipinski definition) is 4. The number of anilines is 1. The number of thiocarbonyl (C=S) groups is 1. The van der Waals surface area contributed by atoms with Gasteiger partial charge in [0.1, 0.15) is 11.6 Å². The minimum Gasteiger partial charge on any atom is -0.508 e. The van der Waals surface area contributed by atoms with Gasteiger partial charge in [0.15, 0.2) is 5.11 Å². The highest BCUT2D eigenvalue weighted by atomic mass is 32.1. The molecule has 1 aliphatic heterocycles. The van der Waals surface area contributed by atoms with Crippen LogP contribution in [0.3, 0.4) is 0 Å². The van der Waals surface area contributed by atoms with E-state index in [2.05, 4.69) is 15.6 Å². The van der Waals surface area contributed by atoms with E-state index < -0.39 is 0 Å². The summed E-state index contributed by atoms with van der Waals surface area (Å²) in [5.41, 5.74) is 3.22. The molecule has 1 fully saturated rings. The summed E-state index contributed by atoms with van der Waals surface area (Å²) in [7, 11) is 0. The number of carbonyl (C=O) groups is 1. The second kappa shape index (κ2) is 10.2. The van der Waals surface area contributed by atoms with Gasteiger partial charge in [-0.15, -0.1) is 0 Å². The Hall–Kier alpha value is -4.24. The van der Waals surface area contributed by atoms with Crippen molar-refractivity contribution in [2.75, 3.05) is 11.9 Å². The van der Waals surface area contributed by atoms with E-state index in [0.29, 0.717) is 17.3 Å². The van der Waals surface area contributed by atoms with Crippen molar-refractivity contribution in [3.05, 3.63) is 108 Å². The van der Waals surface area contributed by atoms with Gasteiger partial charge in [0.2, 0.25) is 5.91 Å². The Balaban J connectivity index is 1.43. The molecule has 1 aliphatic rings. The van der Waals surface area contributed by atoms with Crippen molar-refractivity contribution < 1.29 is 14.3 Å². The molecule has 0 saturated carbocycles. The summed E-state index contributed by atoms with van der Waals surface area (Å²) in [6.07, 6.45) is 3.89. The molecule has 3 N–H and O–H groups in total. The number of phenols is 1. The molecule has 0 unspecified atom stereocenters. The highest BCUT2D eigenvalue weighted by molar-refractivity contribution is 7.80. The van der Waals surface area contributed by atoms with Gasteiger partial charge in [0.25, 0.3) is 0 Å². The van der Waals surface area contributed by atoms with Gasteiger partial charge in [0.05, 0.1) is 17.8 Å². The third kappa shape index (κ3) is 4.92. The minimum absolute atomic E-state index is 0.185. The van der Waals surface area contributed by atoms with Crippen LogP contribution in [0.5, 0.6) is 5.75 Å². The van der Waals surface area contributed by atoms with E-state index in [1.807, 2.05) is 58.1 Å².